The van der Waals surface area contributed by atoms with Crippen molar-refractivity contribution in [2.75, 3.05) is 11.9 Å². The minimum Gasteiger partial charge on any atom is -0.474 e. The van der Waals surface area contributed by atoms with Crippen molar-refractivity contribution >= 4 is 17.6 Å². The van der Waals surface area contributed by atoms with E-state index in [1.165, 1.54) is 7.05 Å². The van der Waals surface area contributed by atoms with E-state index < -0.39 is 11.9 Å². The molecule has 0 atom stereocenters. The van der Waals surface area contributed by atoms with Crippen molar-refractivity contribution in [1.82, 2.24) is 0 Å². The molecule has 92 valence electrons. The lowest BCUT2D eigenvalue weighted by atomic mass is 9.87. The monoisotopic (exact) mass is 235 g/mol. The molecule has 1 rings (SSSR count). The van der Waals surface area contributed by atoms with E-state index in [0.717, 1.165) is 10.5 Å². The maximum absolute atomic E-state index is 11.3. The number of carbonyl (C=O) groups is 2. The second-order valence-corrected chi connectivity index (χ2v) is 4.97. The summed E-state index contributed by atoms with van der Waals surface area (Å²) in [6.07, 6.45) is 0. The van der Waals surface area contributed by atoms with Gasteiger partial charge in [-0.25, -0.2) is 4.79 Å². The third-order valence-electron chi connectivity index (χ3n) is 2.61. The topological polar surface area (TPSA) is 57.6 Å². The number of hydrogen-bond acceptors (Lipinski definition) is 2. The van der Waals surface area contributed by atoms with E-state index in [4.69, 9.17) is 5.11 Å². The van der Waals surface area contributed by atoms with Crippen LogP contribution in [0.5, 0.6) is 0 Å². The molecule has 0 unspecified atom stereocenters. The molecule has 4 nitrogen and oxygen atoms in total. The highest BCUT2D eigenvalue weighted by atomic mass is 16.4. The second kappa shape index (κ2) is 4.57. The number of hydrogen-bond donors (Lipinski definition) is 1. The molecular formula is C13H17NO3. The van der Waals surface area contributed by atoms with Gasteiger partial charge >= 0.3 is 11.9 Å². The Balaban J connectivity index is 2.96. The Morgan fingerprint density at radius 3 is 1.94 bits per heavy atom. The van der Waals surface area contributed by atoms with Crippen LogP contribution in [0, 0.1) is 0 Å². The van der Waals surface area contributed by atoms with Gasteiger partial charge in [0.15, 0.2) is 0 Å². The van der Waals surface area contributed by atoms with Crippen molar-refractivity contribution in [1.29, 1.82) is 0 Å². The lowest BCUT2D eigenvalue weighted by Crippen LogP contribution is -2.32. The zero-order valence-corrected chi connectivity index (χ0v) is 10.5. The maximum Gasteiger partial charge on any atom is 0.394 e. The highest BCUT2D eigenvalue weighted by molar-refractivity contribution is 6.37. The molecule has 1 N–H and O–H groups in total. The molecule has 17 heavy (non-hydrogen) atoms. The van der Waals surface area contributed by atoms with Crippen LogP contribution in [-0.2, 0) is 15.0 Å². The van der Waals surface area contributed by atoms with Gasteiger partial charge in [0.25, 0.3) is 0 Å². The molecule has 0 aliphatic heterocycles. The molecule has 1 amide bonds. The van der Waals surface area contributed by atoms with Gasteiger partial charge in [0.05, 0.1) is 0 Å². The first-order valence-electron chi connectivity index (χ1n) is 5.35. The van der Waals surface area contributed by atoms with Gasteiger partial charge in [-0.2, -0.15) is 0 Å². The molecule has 0 radical (unpaired) electrons. The Morgan fingerprint density at radius 2 is 1.59 bits per heavy atom. The van der Waals surface area contributed by atoms with Crippen LogP contribution in [0.25, 0.3) is 0 Å². The first kappa shape index (κ1) is 13.2. The first-order chi connectivity index (χ1) is 7.73. The smallest absolute Gasteiger partial charge is 0.394 e. The average Bonchev–Trinajstić information content (AvgIpc) is 2.26. The van der Waals surface area contributed by atoms with Gasteiger partial charge in [-0.05, 0) is 23.1 Å². The molecule has 0 aromatic heterocycles. The van der Waals surface area contributed by atoms with E-state index in [1.54, 1.807) is 12.1 Å². The Hall–Kier alpha value is -1.84. The van der Waals surface area contributed by atoms with E-state index in [0.29, 0.717) is 5.69 Å². The number of carboxylic acid groups (broad SMARTS) is 1. The van der Waals surface area contributed by atoms with E-state index in [9.17, 15) is 9.59 Å². The highest BCUT2D eigenvalue weighted by Crippen LogP contribution is 2.24. The number of nitrogens with zero attached hydrogens (tertiary/aromatic N) is 1. The number of anilines is 1. The molecule has 0 saturated heterocycles. The summed E-state index contributed by atoms with van der Waals surface area (Å²) >= 11 is 0. The Morgan fingerprint density at radius 1 is 1.12 bits per heavy atom. The van der Waals surface area contributed by atoms with Crippen molar-refractivity contribution in [3.63, 3.8) is 0 Å². The molecule has 4 heteroatoms. The number of benzene rings is 1. The van der Waals surface area contributed by atoms with Gasteiger partial charge in [-0.1, -0.05) is 32.9 Å². The quantitative estimate of drug-likeness (QED) is 0.758. The fourth-order valence-electron chi connectivity index (χ4n) is 1.45. The Kier molecular flexibility index (Phi) is 3.56. The fourth-order valence-corrected chi connectivity index (χ4v) is 1.45. The number of likely N-dealkylation sites (N-methyl/N-ethyl adjacent to an activating group) is 1. The third-order valence-corrected chi connectivity index (χ3v) is 2.61. The van der Waals surface area contributed by atoms with Crippen molar-refractivity contribution in [2.45, 2.75) is 26.2 Å². The predicted octanol–water partition coefficient (Wildman–Crippen LogP) is 2.03. The fraction of sp³-hybridized carbons (Fsp3) is 0.385. The van der Waals surface area contributed by atoms with Crippen LogP contribution in [0.2, 0.25) is 0 Å². The summed E-state index contributed by atoms with van der Waals surface area (Å²) in [5, 5.41) is 8.61. The highest BCUT2D eigenvalue weighted by Gasteiger charge is 2.19. The molecule has 0 fully saturated rings. The minimum atomic E-state index is -1.45. The summed E-state index contributed by atoms with van der Waals surface area (Å²) in [6.45, 7) is 6.27. The lowest BCUT2D eigenvalue weighted by molar-refractivity contribution is -0.148. The number of carbonyl (C=O) groups excluding carboxylic acids is 1. The molecule has 0 saturated carbocycles. The number of rotatable bonds is 1. The van der Waals surface area contributed by atoms with Gasteiger partial charge < -0.3 is 10.0 Å². The van der Waals surface area contributed by atoms with E-state index >= 15 is 0 Å². The largest absolute Gasteiger partial charge is 0.474 e. The zero-order chi connectivity index (χ0) is 13.2. The number of aliphatic carboxylic acids is 1. The normalized spacial score (nSPS) is 11.1. The summed E-state index contributed by atoms with van der Waals surface area (Å²) in [7, 11) is 1.45. The van der Waals surface area contributed by atoms with E-state index in [-0.39, 0.29) is 5.41 Å². The average molecular weight is 235 g/mol. The first-order valence-corrected chi connectivity index (χ1v) is 5.35. The SMILES string of the molecule is CN(C(=O)C(=O)O)c1ccc(C(C)(C)C)cc1. The minimum absolute atomic E-state index is 0.0356. The van der Waals surface area contributed by atoms with Gasteiger partial charge in [-0.15, -0.1) is 0 Å². The molecule has 0 heterocycles. The van der Waals surface area contributed by atoms with Gasteiger partial charge in [0.2, 0.25) is 0 Å². The van der Waals surface area contributed by atoms with Crippen LogP contribution in [0.15, 0.2) is 24.3 Å². The lowest BCUT2D eigenvalue weighted by Gasteiger charge is -2.21. The van der Waals surface area contributed by atoms with Crippen LogP contribution >= 0.6 is 0 Å². The molecule has 1 aromatic carbocycles. The zero-order valence-electron chi connectivity index (χ0n) is 10.5. The van der Waals surface area contributed by atoms with Crippen LogP contribution in [0.3, 0.4) is 0 Å². The van der Waals surface area contributed by atoms with Gasteiger partial charge in [0, 0.05) is 12.7 Å². The second-order valence-electron chi connectivity index (χ2n) is 4.97. The Labute approximate surface area is 101 Å². The molecular weight excluding hydrogens is 218 g/mol. The summed E-state index contributed by atoms with van der Waals surface area (Å²) in [4.78, 5) is 22.9. The van der Waals surface area contributed by atoms with Gasteiger partial charge in [-0.3, -0.25) is 4.79 Å². The summed E-state index contributed by atoms with van der Waals surface area (Å²) in [5.74, 6) is -2.39. The van der Waals surface area contributed by atoms with Crippen LogP contribution in [-0.4, -0.2) is 24.0 Å². The van der Waals surface area contributed by atoms with Crippen LogP contribution in [0.4, 0.5) is 5.69 Å². The van der Waals surface area contributed by atoms with Crippen LogP contribution in [0.1, 0.15) is 26.3 Å². The molecule has 0 spiro atoms. The van der Waals surface area contributed by atoms with Crippen molar-refractivity contribution < 1.29 is 14.7 Å². The predicted molar refractivity (Wildman–Crippen MR) is 66.2 cm³/mol. The number of carboxylic acids is 1. The van der Waals surface area contributed by atoms with Gasteiger partial charge in [0.1, 0.15) is 0 Å². The molecule has 1 aromatic rings. The third kappa shape index (κ3) is 3.06. The van der Waals surface area contributed by atoms with Crippen LogP contribution < -0.4 is 4.90 Å². The molecule has 0 aliphatic rings. The standard InChI is InChI=1S/C13H17NO3/c1-13(2,3)9-5-7-10(8-6-9)14(4)11(15)12(16)17/h5-8H,1-4H3,(H,16,17). The summed E-state index contributed by atoms with van der Waals surface area (Å²) in [5.41, 5.74) is 1.75. The van der Waals surface area contributed by atoms with Crippen molar-refractivity contribution in [3.05, 3.63) is 29.8 Å². The van der Waals surface area contributed by atoms with E-state index in [1.807, 2.05) is 12.1 Å². The van der Waals surface area contributed by atoms with Crippen molar-refractivity contribution in [2.24, 2.45) is 0 Å². The van der Waals surface area contributed by atoms with Crippen molar-refractivity contribution in [3.8, 4) is 0 Å². The number of amides is 1. The maximum atomic E-state index is 11.3. The summed E-state index contributed by atoms with van der Waals surface area (Å²) < 4.78 is 0. The molecule has 0 aliphatic carbocycles. The summed E-state index contributed by atoms with van der Waals surface area (Å²) in [6, 6.07) is 7.31. The van der Waals surface area contributed by atoms with E-state index in [2.05, 4.69) is 20.8 Å². The molecule has 0 bridgehead atoms. The Bertz CT molecular complexity index is 429.